The molecule has 1 aliphatic carbocycles. The largest absolute Gasteiger partial charge is 0.369 e. The third-order valence-corrected chi connectivity index (χ3v) is 3.54. The molecule has 0 heterocycles. The summed E-state index contributed by atoms with van der Waals surface area (Å²) in [4.78, 5) is 2.51. The monoisotopic (exact) mass is 232 g/mol. The molecule has 0 saturated heterocycles. The molecule has 0 spiro atoms. The molecule has 1 aromatic rings. The molecule has 0 aliphatic heterocycles. The molecule has 0 amide bonds. The van der Waals surface area contributed by atoms with Crippen molar-refractivity contribution in [2.45, 2.75) is 46.2 Å². The predicted octanol–water partition coefficient (Wildman–Crippen LogP) is 3.08. The molecule has 0 aromatic heterocycles. The van der Waals surface area contributed by atoms with Crippen LogP contribution in [0, 0.1) is 12.8 Å². The van der Waals surface area contributed by atoms with Gasteiger partial charge in [0.05, 0.1) is 0 Å². The van der Waals surface area contributed by atoms with Gasteiger partial charge in [-0.2, -0.15) is 0 Å². The van der Waals surface area contributed by atoms with Crippen LogP contribution in [0.25, 0.3) is 0 Å². The Hall–Kier alpha value is -1.02. The van der Waals surface area contributed by atoms with Crippen molar-refractivity contribution in [3.05, 3.63) is 29.3 Å². The van der Waals surface area contributed by atoms with E-state index >= 15 is 0 Å². The van der Waals surface area contributed by atoms with Crippen LogP contribution >= 0.6 is 0 Å². The molecule has 1 aliphatic rings. The highest BCUT2D eigenvalue weighted by molar-refractivity contribution is 5.55. The Kier molecular flexibility index (Phi) is 3.72. The molecule has 2 rings (SSSR count). The summed E-state index contributed by atoms with van der Waals surface area (Å²) in [5.41, 5.74) is 9.78. The Balaban J connectivity index is 2.26. The average Bonchev–Trinajstić information content (AvgIpc) is 3.09. The van der Waals surface area contributed by atoms with Gasteiger partial charge in [-0.3, -0.25) is 0 Å². The van der Waals surface area contributed by atoms with Crippen LogP contribution in [0.2, 0.25) is 0 Å². The van der Waals surface area contributed by atoms with Crippen molar-refractivity contribution in [1.82, 2.24) is 0 Å². The maximum atomic E-state index is 5.88. The zero-order valence-corrected chi connectivity index (χ0v) is 11.2. The summed E-state index contributed by atoms with van der Waals surface area (Å²) in [5, 5.41) is 0. The van der Waals surface area contributed by atoms with E-state index < -0.39 is 0 Å². The van der Waals surface area contributed by atoms with Gasteiger partial charge in [-0.05, 0) is 51.2 Å². The first-order valence-corrected chi connectivity index (χ1v) is 6.68. The minimum Gasteiger partial charge on any atom is -0.369 e. The van der Waals surface area contributed by atoms with Crippen molar-refractivity contribution in [2.75, 3.05) is 11.4 Å². The van der Waals surface area contributed by atoms with Gasteiger partial charge in [-0.15, -0.1) is 0 Å². The first-order chi connectivity index (χ1) is 8.11. The van der Waals surface area contributed by atoms with Crippen molar-refractivity contribution >= 4 is 5.69 Å². The van der Waals surface area contributed by atoms with Crippen molar-refractivity contribution in [1.29, 1.82) is 0 Å². The zero-order chi connectivity index (χ0) is 12.4. The Morgan fingerprint density at radius 1 is 1.35 bits per heavy atom. The molecule has 0 unspecified atom stereocenters. The van der Waals surface area contributed by atoms with Gasteiger partial charge in [0.15, 0.2) is 0 Å². The highest BCUT2D eigenvalue weighted by Crippen LogP contribution is 2.33. The lowest BCUT2D eigenvalue weighted by Crippen LogP contribution is -2.33. The number of aryl methyl sites for hydroxylation is 1. The van der Waals surface area contributed by atoms with E-state index in [1.807, 2.05) is 0 Å². The minimum absolute atomic E-state index is 0.545. The zero-order valence-electron chi connectivity index (χ0n) is 11.2. The molecule has 2 nitrogen and oxygen atoms in total. The molecule has 1 saturated carbocycles. The van der Waals surface area contributed by atoms with Gasteiger partial charge in [0.2, 0.25) is 0 Å². The molecule has 1 fully saturated rings. The molecule has 1 aromatic carbocycles. The third-order valence-electron chi connectivity index (χ3n) is 3.54. The topological polar surface area (TPSA) is 29.3 Å². The highest BCUT2D eigenvalue weighted by Gasteiger charge is 2.26. The van der Waals surface area contributed by atoms with E-state index in [1.165, 1.54) is 36.2 Å². The number of anilines is 1. The lowest BCUT2D eigenvalue weighted by Gasteiger charge is -2.31. The van der Waals surface area contributed by atoms with E-state index in [0.29, 0.717) is 12.6 Å². The number of nitrogens with zero attached hydrogens (tertiary/aromatic N) is 1. The number of hydrogen-bond acceptors (Lipinski definition) is 2. The van der Waals surface area contributed by atoms with Gasteiger partial charge in [0.1, 0.15) is 0 Å². The van der Waals surface area contributed by atoms with Gasteiger partial charge in [0, 0.05) is 24.8 Å². The molecule has 0 bridgehead atoms. The average molecular weight is 232 g/mol. The van der Waals surface area contributed by atoms with Crippen LogP contribution in [-0.2, 0) is 6.54 Å². The highest BCUT2D eigenvalue weighted by atomic mass is 15.2. The van der Waals surface area contributed by atoms with Crippen molar-refractivity contribution in [2.24, 2.45) is 11.7 Å². The van der Waals surface area contributed by atoms with Crippen LogP contribution in [0.1, 0.15) is 37.8 Å². The Morgan fingerprint density at radius 2 is 2.06 bits per heavy atom. The second-order valence-corrected chi connectivity index (χ2v) is 5.53. The Labute approximate surface area is 105 Å². The summed E-state index contributed by atoms with van der Waals surface area (Å²) in [6, 6.07) is 7.19. The fraction of sp³-hybridized carbons (Fsp3) is 0.600. The smallest absolute Gasteiger partial charge is 0.0414 e. The second kappa shape index (κ2) is 5.09. The van der Waals surface area contributed by atoms with Gasteiger partial charge < -0.3 is 10.6 Å². The summed E-state index contributed by atoms with van der Waals surface area (Å²) in [6.45, 7) is 8.48. The SMILES string of the molecule is Cc1ccc(N(CC2CC2)C(C)C)c(CN)c1. The molecule has 2 heteroatoms. The van der Waals surface area contributed by atoms with Gasteiger partial charge in [0.25, 0.3) is 0 Å². The van der Waals surface area contributed by atoms with E-state index in [0.717, 1.165) is 5.92 Å². The van der Waals surface area contributed by atoms with E-state index in [4.69, 9.17) is 5.73 Å². The van der Waals surface area contributed by atoms with Crippen molar-refractivity contribution in [3.8, 4) is 0 Å². The molecule has 0 atom stereocenters. The van der Waals surface area contributed by atoms with Gasteiger partial charge >= 0.3 is 0 Å². The Morgan fingerprint density at radius 3 is 2.59 bits per heavy atom. The Bertz CT molecular complexity index is 381. The summed E-state index contributed by atoms with van der Waals surface area (Å²) in [5.74, 6) is 0.907. The molecule has 0 radical (unpaired) electrons. The van der Waals surface area contributed by atoms with Crippen LogP contribution in [0.5, 0.6) is 0 Å². The first kappa shape index (κ1) is 12.4. The summed E-state index contributed by atoms with van der Waals surface area (Å²) >= 11 is 0. The van der Waals surface area contributed by atoms with Gasteiger partial charge in [-0.25, -0.2) is 0 Å². The molecular weight excluding hydrogens is 208 g/mol. The van der Waals surface area contributed by atoms with Crippen LogP contribution in [0.4, 0.5) is 5.69 Å². The number of rotatable bonds is 5. The maximum Gasteiger partial charge on any atom is 0.0414 e. The van der Waals surface area contributed by atoms with Crippen molar-refractivity contribution in [3.63, 3.8) is 0 Å². The van der Waals surface area contributed by atoms with E-state index in [2.05, 4.69) is 43.9 Å². The molecule has 17 heavy (non-hydrogen) atoms. The lowest BCUT2D eigenvalue weighted by atomic mass is 10.1. The molecular formula is C15H24N2. The van der Waals surface area contributed by atoms with Crippen LogP contribution < -0.4 is 10.6 Å². The number of benzene rings is 1. The summed E-state index contributed by atoms with van der Waals surface area (Å²) < 4.78 is 0. The normalized spacial score (nSPS) is 15.4. The fourth-order valence-corrected chi connectivity index (χ4v) is 2.32. The minimum atomic E-state index is 0.545. The van der Waals surface area contributed by atoms with E-state index in [1.54, 1.807) is 0 Å². The molecule has 2 N–H and O–H groups in total. The lowest BCUT2D eigenvalue weighted by molar-refractivity contribution is 0.641. The van der Waals surface area contributed by atoms with E-state index in [-0.39, 0.29) is 0 Å². The third kappa shape index (κ3) is 3.01. The van der Waals surface area contributed by atoms with Crippen LogP contribution in [0.3, 0.4) is 0 Å². The summed E-state index contributed by atoms with van der Waals surface area (Å²) in [7, 11) is 0. The van der Waals surface area contributed by atoms with Crippen LogP contribution in [-0.4, -0.2) is 12.6 Å². The number of hydrogen-bond donors (Lipinski definition) is 1. The second-order valence-electron chi connectivity index (χ2n) is 5.53. The van der Waals surface area contributed by atoms with Crippen molar-refractivity contribution < 1.29 is 0 Å². The quantitative estimate of drug-likeness (QED) is 0.845. The predicted molar refractivity (Wildman–Crippen MR) is 74.3 cm³/mol. The maximum absolute atomic E-state index is 5.88. The fourth-order valence-electron chi connectivity index (χ4n) is 2.32. The summed E-state index contributed by atoms with van der Waals surface area (Å²) in [6.07, 6.45) is 2.79. The molecule has 94 valence electrons. The van der Waals surface area contributed by atoms with Crippen LogP contribution in [0.15, 0.2) is 18.2 Å². The number of nitrogens with two attached hydrogens (primary N) is 1. The standard InChI is InChI=1S/C15H24N2/c1-11(2)17(10-13-5-6-13)15-7-4-12(3)8-14(15)9-16/h4,7-8,11,13H,5-6,9-10,16H2,1-3H3. The first-order valence-electron chi connectivity index (χ1n) is 6.68. The van der Waals surface area contributed by atoms with Gasteiger partial charge in [-0.1, -0.05) is 17.7 Å². The van der Waals surface area contributed by atoms with E-state index in [9.17, 15) is 0 Å².